The van der Waals surface area contributed by atoms with Crippen molar-refractivity contribution in [2.24, 2.45) is 5.92 Å². The molecule has 1 nitrogen and oxygen atoms in total. The van der Waals surface area contributed by atoms with Gasteiger partial charge in [0.1, 0.15) is 0 Å². The lowest BCUT2D eigenvalue weighted by Gasteiger charge is -2.23. The van der Waals surface area contributed by atoms with E-state index in [1.807, 2.05) is 0 Å². The van der Waals surface area contributed by atoms with E-state index in [1.165, 1.54) is 19.4 Å². The van der Waals surface area contributed by atoms with Gasteiger partial charge in [0, 0.05) is 18.6 Å². The van der Waals surface area contributed by atoms with Crippen LogP contribution in [0.4, 0.5) is 0 Å². The summed E-state index contributed by atoms with van der Waals surface area (Å²) in [5.74, 6) is 0.880. The molecule has 1 rings (SSSR count). The first-order chi connectivity index (χ1) is 5.20. The lowest BCUT2D eigenvalue weighted by atomic mass is 9.97. The fraction of sp³-hybridized carbons (Fsp3) is 1.00. The van der Waals surface area contributed by atoms with Gasteiger partial charge in [-0.05, 0) is 19.3 Å². The van der Waals surface area contributed by atoms with Gasteiger partial charge in [-0.25, -0.2) is 0 Å². The molecule has 0 bridgehead atoms. The van der Waals surface area contributed by atoms with Gasteiger partial charge in [0.05, 0.1) is 0 Å². The number of rotatable bonds is 4. The van der Waals surface area contributed by atoms with Crippen molar-refractivity contribution in [2.75, 3.05) is 6.54 Å². The summed E-state index contributed by atoms with van der Waals surface area (Å²) in [6.45, 7) is 10.6. The Balaban J connectivity index is 2.37. The molecule has 1 heterocycles. The Morgan fingerprint density at radius 2 is 1.91 bits per heavy atom. The van der Waals surface area contributed by atoms with Crippen LogP contribution in [0.2, 0.25) is 0 Å². The van der Waals surface area contributed by atoms with Crippen molar-refractivity contribution in [1.29, 1.82) is 0 Å². The van der Waals surface area contributed by atoms with E-state index in [2.05, 4.69) is 32.6 Å². The van der Waals surface area contributed by atoms with Gasteiger partial charge in [-0.3, -0.25) is 4.90 Å². The third-order valence-corrected chi connectivity index (χ3v) is 3.05. The third-order valence-electron chi connectivity index (χ3n) is 3.05. The van der Waals surface area contributed by atoms with Crippen molar-refractivity contribution in [3.63, 3.8) is 0 Å². The molecular weight excluding hydrogens is 134 g/mol. The molecule has 11 heavy (non-hydrogen) atoms. The Hall–Kier alpha value is -0.0400. The van der Waals surface area contributed by atoms with Crippen LogP contribution >= 0.6 is 0 Å². The molecule has 0 aliphatic carbocycles. The topological polar surface area (TPSA) is 3.01 Å². The molecule has 0 spiro atoms. The van der Waals surface area contributed by atoms with Crippen LogP contribution in [0.25, 0.3) is 0 Å². The maximum atomic E-state index is 2.62. The van der Waals surface area contributed by atoms with Crippen LogP contribution in [0, 0.1) is 5.92 Å². The van der Waals surface area contributed by atoms with Gasteiger partial charge in [0.15, 0.2) is 0 Å². The van der Waals surface area contributed by atoms with Crippen LogP contribution in [-0.4, -0.2) is 23.5 Å². The molecule has 1 aliphatic rings. The fourth-order valence-electron chi connectivity index (χ4n) is 1.96. The molecule has 4 atom stereocenters. The van der Waals surface area contributed by atoms with E-state index in [4.69, 9.17) is 0 Å². The van der Waals surface area contributed by atoms with Crippen molar-refractivity contribution in [3.05, 3.63) is 0 Å². The fourth-order valence-corrected chi connectivity index (χ4v) is 1.96. The minimum atomic E-state index is 0.856. The highest BCUT2D eigenvalue weighted by atomic mass is 15.3. The summed E-state index contributed by atoms with van der Waals surface area (Å²) in [7, 11) is 0. The molecule has 1 saturated heterocycles. The Bertz CT molecular complexity index is 118. The molecule has 66 valence electrons. The summed E-state index contributed by atoms with van der Waals surface area (Å²) < 4.78 is 0. The van der Waals surface area contributed by atoms with E-state index in [1.54, 1.807) is 0 Å². The molecule has 0 amide bonds. The van der Waals surface area contributed by atoms with Crippen LogP contribution < -0.4 is 0 Å². The summed E-state index contributed by atoms with van der Waals surface area (Å²) in [6.07, 6.45) is 2.64. The van der Waals surface area contributed by atoms with Crippen molar-refractivity contribution >= 4 is 0 Å². The lowest BCUT2D eigenvalue weighted by Crippen LogP contribution is -2.26. The van der Waals surface area contributed by atoms with Gasteiger partial charge in [-0.15, -0.1) is 0 Å². The third kappa shape index (κ3) is 1.96. The standard InChI is InChI=1S/C10H21N/c1-5-8(3)10(6-2)11-7-9(11)4/h8-10H,5-7H2,1-4H3. The van der Waals surface area contributed by atoms with Gasteiger partial charge in [-0.1, -0.05) is 27.2 Å². The van der Waals surface area contributed by atoms with Crippen LogP contribution in [0.3, 0.4) is 0 Å². The van der Waals surface area contributed by atoms with Crippen molar-refractivity contribution in [1.82, 2.24) is 4.90 Å². The van der Waals surface area contributed by atoms with E-state index in [0.717, 1.165) is 18.0 Å². The second kappa shape index (κ2) is 3.57. The molecule has 0 aromatic heterocycles. The number of hydrogen-bond donors (Lipinski definition) is 0. The van der Waals surface area contributed by atoms with E-state index in [0.29, 0.717) is 0 Å². The lowest BCUT2D eigenvalue weighted by molar-refractivity contribution is 0.265. The predicted molar refractivity (Wildman–Crippen MR) is 49.7 cm³/mol. The molecule has 0 radical (unpaired) electrons. The molecule has 1 heteroatoms. The van der Waals surface area contributed by atoms with Gasteiger partial charge in [0.25, 0.3) is 0 Å². The summed E-state index contributed by atoms with van der Waals surface area (Å²) in [4.78, 5) is 2.62. The zero-order chi connectivity index (χ0) is 8.43. The first-order valence-corrected chi connectivity index (χ1v) is 4.96. The van der Waals surface area contributed by atoms with E-state index in [-0.39, 0.29) is 0 Å². The van der Waals surface area contributed by atoms with Crippen LogP contribution in [0.5, 0.6) is 0 Å². The Morgan fingerprint density at radius 3 is 2.18 bits per heavy atom. The SMILES string of the molecule is CCC(C)C(CC)N1CC1C. The van der Waals surface area contributed by atoms with Gasteiger partial charge >= 0.3 is 0 Å². The van der Waals surface area contributed by atoms with E-state index in [9.17, 15) is 0 Å². The molecule has 0 aromatic rings. The van der Waals surface area contributed by atoms with Gasteiger partial charge in [-0.2, -0.15) is 0 Å². The van der Waals surface area contributed by atoms with Crippen molar-refractivity contribution in [2.45, 2.75) is 52.6 Å². The second-order valence-corrected chi connectivity index (χ2v) is 3.91. The van der Waals surface area contributed by atoms with E-state index >= 15 is 0 Å². The highest BCUT2D eigenvalue weighted by Crippen LogP contribution is 2.28. The Morgan fingerprint density at radius 1 is 1.36 bits per heavy atom. The minimum absolute atomic E-state index is 0.856. The largest absolute Gasteiger partial charge is 0.295 e. The summed E-state index contributed by atoms with van der Waals surface area (Å²) >= 11 is 0. The number of hydrogen-bond acceptors (Lipinski definition) is 1. The zero-order valence-electron chi connectivity index (χ0n) is 8.30. The number of nitrogens with zero attached hydrogens (tertiary/aromatic N) is 1. The Kier molecular flexibility index (Phi) is 2.94. The highest BCUT2D eigenvalue weighted by molar-refractivity contribution is 4.92. The second-order valence-electron chi connectivity index (χ2n) is 3.91. The zero-order valence-corrected chi connectivity index (χ0v) is 8.30. The van der Waals surface area contributed by atoms with Gasteiger partial charge < -0.3 is 0 Å². The average Bonchev–Trinajstić information content (AvgIpc) is 2.68. The van der Waals surface area contributed by atoms with Crippen LogP contribution in [-0.2, 0) is 0 Å². The minimum Gasteiger partial charge on any atom is -0.295 e. The van der Waals surface area contributed by atoms with Crippen LogP contribution in [0.1, 0.15) is 40.5 Å². The highest BCUT2D eigenvalue weighted by Gasteiger charge is 2.36. The quantitative estimate of drug-likeness (QED) is 0.564. The average molecular weight is 155 g/mol. The van der Waals surface area contributed by atoms with Gasteiger partial charge in [0.2, 0.25) is 0 Å². The summed E-state index contributed by atoms with van der Waals surface area (Å²) in [5.41, 5.74) is 0. The molecule has 0 saturated carbocycles. The first-order valence-electron chi connectivity index (χ1n) is 4.96. The normalized spacial score (nSPS) is 34.9. The predicted octanol–water partition coefficient (Wildman–Crippen LogP) is 2.52. The van der Waals surface area contributed by atoms with Crippen LogP contribution in [0.15, 0.2) is 0 Å². The summed E-state index contributed by atoms with van der Waals surface area (Å²) in [6, 6.07) is 1.73. The Labute approximate surface area is 70.8 Å². The van der Waals surface area contributed by atoms with Crippen molar-refractivity contribution in [3.8, 4) is 0 Å². The molecule has 0 aromatic carbocycles. The molecule has 4 unspecified atom stereocenters. The maximum Gasteiger partial charge on any atom is 0.0198 e. The smallest absolute Gasteiger partial charge is 0.0198 e. The molecule has 1 aliphatic heterocycles. The maximum absolute atomic E-state index is 2.62. The monoisotopic (exact) mass is 155 g/mol. The molecule has 1 fully saturated rings. The van der Waals surface area contributed by atoms with Crippen molar-refractivity contribution < 1.29 is 0 Å². The van der Waals surface area contributed by atoms with E-state index < -0.39 is 0 Å². The molecule has 0 N–H and O–H groups in total. The summed E-state index contributed by atoms with van der Waals surface area (Å²) in [5, 5.41) is 0. The molecular formula is C10H21N. The first kappa shape index (κ1) is 9.05.